The van der Waals surface area contributed by atoms with E-state index in [1.807, 2.05) is 79.8 Å². The van der Waals surface area contributed by atoms with Gasteiger partial charge in [-0.3, -0.25) is 14.7 Å². The first kappa shape index (κ1) is 23.8. The van der Waals surface area contributed by atoms with Crippen molar-refractivity contribution in [2.45, 2.75) is 13.0 Å². The lowest BCUT2D eigenvalue weighted by Gasteiger charge is -2.19. The number of nitrogens with one attached hydrogen (secondary N) is 2. The summed E-state index contributed by atoms with van der Waals surface area (Å²) in [4.78, 5) is 28.1. The van der Waals surface area contributed by atoms with Gasteiger partial charge in [0.1, 0.15) is 12.4 Å². The molecule has 4 aromatic rings. The fraction of sp³-hybridized carbons (Fsp3) is 0.222. The minimum Gasteiger partial charge on any atom is -0.489 e. The van der Waals surface area contributed by atoms with Gasteiger partial charge in [0.15, 0.2) is 5.82 Å². The summed E-state index contributed by atoms with van der Waals surface area (Å²) in [5.41, 5.74) is 3.49. The number of aromatic amines is 1. The first-order chi connectivity index (χ1) is 16.9. The van der Waals surface area contributed by atoms with Gasteiger partial charge in [-0.05, 0) is 41.5 Å². The number of ether oxygens (including phenoxy) is 1. The lowest BCUT2D eigenvalue weighted by Crippen LogP contribution is -2.34. The Bertz CT molecular complexity index is 1300. The molecule has 8 heteroatoms. The highest BCUT2D eigenvalue weighted by Gasteiger charge is 2.15. The van der Waals surface area contributed by atoms with Crippen molar-refractivity contribution in [2.75, 3.05) is 37.9 Å². The number of fused-ring (bicyclic) bond motifs is 1. The van der Waals surface area contributed by atoms with Crippen molar-refractivity contribution in [2.24, 2.45) is 0 Å². The number of hydrogen-bond acceptors (Lipinski definition) is 5. The average Bonchev–Trinajstić information content (AvgIpc) is 3.27. The van der Waals surface area contributed by atoms with Crippen LogP contribution in [0.25, 0.3) is 10.9 Å². The van der Waals surface area contributed by atoms with Crippen molar-refractivity contribution in [3.8, 4) is 5.75 Å². The molecule has 180 valence electrons. The molecule has 0 saturated heterocycles. The lowest BCUT2D eigenvalue weighted by atomic mass is 10.1. The molecule has 2 amide bonds. The summed E-state index contributed by atoms with van der Waals surface area (Å²) in [6.45, 7) is 0.701. The minimum absolute atomic E-state index is 0.0235. The fourth-order valence-corrected chi connectivity index (χ4v) is 3.62. The van der Waals surface area contributed by atoms with E-state index in [0.29, 0.717) is 18.1 Å². The Morgan fingerprint density at radius 1 is 0.943 bits per heavy atom. The summed E-state index contributed by atoms with van der Waals surface area (Å²) in [5.74, 6) is 1.26. The summed E-state index contributed by atoms with van der Waals surface area (Å²) >= 11 is 0. The normalized spacial score (nSPS) is 10.7. The monoisotopic (exact) mass is 471 g/mol. The topological polar surface area (TPSA) is 90.6 Å². The Labute approximate surface area is 204 Å². The number of aromatic nitrogens is 2. The first-order valence-corrected chi connectivity index (χ1v) is 11.3. The molecule has 1 aromatic heterocycles. The molecule has 0 radical (unpaired) electrons. The SMILES string of the molecule is CN(C)C(=O)CN(C)c1n[nH]c2ccc(NC(=O)Cc3ccc(OCc4ccccc4)cc3)cc12. The van der Waals surface area contributed by atoms with Gasteiger partial charge in [0.2, 0.25) is 11.8 Å². The third kappa shape index (κ3) is 6.17. The van der Waals surface area contributed by atoms with E-state index in [0.717, 1.165) is 27.8 Å². The second-order valence-corrected chi connectivity index (χ2v) is 8.59. The molecule has 0 atom stereocenters. The smallest absolute Gasteiger partial charge is 0.241 e. The highest BCUT2D eigenvalue weighted by atomic mass is 16.5. The molecule has 8 nitrogen and oxygen atoms in total. The van der Waals surface area contributed by atoms with Crippen molar-refractivity contribution in [1.82, 2.24) is 15.1 Å². The van der Waals surface area contributed by atoms with E-state index in [9.17, 15) is 9.59 Å². The highest BCUT2D eigenvalue weighted by molar-refractivity contribution is 5.98. The number of H-pyrrole nitrogens is 1. The van der Waals surface area contributed by atoms with Crippen LogP contribution in [-0.2, 0) is 22.6 Å². The predicted molar refractivity (Wildman–Crippen MR) is 138 cm³/mol. The van der Waals surface area contributed by atoms with Gasteiger partial charge >= 0.3 is 0 Å². The van der Waals surface area contributed by atoms with E-state index < -0.39 is 0 Å². The Hall–Kier alpha value is -4.33. The van der Waals surface area contributed by atoms with Crippen LogP contribution in [-0.4, -0.2) is 54.6 Å². The molecule has 0 saturated carbocycles. The largest absolute Gasteiger partial charge is 0.489 e. The molecular weight excluding hydrogens is 442 g/mol. The Morgan fingerprint density at radius 3 is 2.40 bits per heavy atom. The molecule has 3 aromatic carbocycles. The molecule has 35 heavy (non-hydrogen) atoms. The zero-order valence-corrected chi connectivity index (χ0v) is 20.1. The van der Waals surface area contributed by atoms with E-state index in [4.69, 9.17) is 4.74 Å². The predicted octanol–water partition coefficient (Wildman–Crippen LogP) is 3.85. The Kier molecular flexibility index (Phi) is 7.30. The van der Waals surface area contributed by atoms with Crippen LogP contribution in [0.4, 0.5) is 11.5 Å². The Balaban J connectivity index is 1.36. The zero-order chi connectivity index (χ0) is 24.8. The van der Waals surface area contributed by atoms with Crippen LogP contribution >= 0.6 is 0 Å². The van der Waals surface area contributed by atoms with Gasteiger partial charge < -0.3 is 19.9 Å². The fourth-order valence-electron chi connectivity index (χ4n) is 3.62. The standard InChI is InChI=1S/C27H29N5O3/c1-31(2)26(34)17-32(3)27-23-16-21(11-14-24(23)29-30-27)28-25(33)15-19-9-12-22(13-10-19)35-18-20-7-5-4-6-8-20/h4-14,16H,15,17-18H2,1-3H3,(H,28,33)(H,29,30). The van der Waals surface area contributed by atoms with Gasteiger partial charge in [0.05, 0.1) is 18.5 Å². The maximum Gasteiger partial charge on any atom is 0.241 e. The third-order valence-electron chi connectivity index (χ3n) is 5.60. The molecule has 0 aliphatic rings. The van der Waals surface area contributed by atoms with Crippen LogP contribution in [0.1, 0.15) is 11.1 Å². The van der Waals surface area contributed by atoms with Gasteiger partial charge in [-0.15, -0.1) is 0 Å². The van der Waals surface area contributed by atoms with Gasteiger partial charge in [-0.25, -0.2) is 0 Å². The maximum atomic E-state index is 12.7. The van der Waals surface area contributed by atoms with E-state index in [-0.39, 0.29) is 24.8 Å². The number of carbonyl (C=O) groups is 2. The molecule has 1 heterocycles. The maximum absolute atomic E-state index is 12.7. The van der Waals surface area contributed by atoms with Crippen LogP contribution in [0.3, 0.4) is 0 Å². The summed E-state index contributed by atoms with van der Waals surface area (Å²) in [7, 11) is 5.25. The number of benzene rings is 3. The average molecular weight is 472 g/mol. The van der Waals surface area contributed by atoms with Crippen LogP contribution in [0.5, 0.6) is 5.75 Å². The van der Waals surface area contributed by atoms with Gasteiger partial charge in [0, 0.05) is 32.2 Å². The van der Waals surface area contributed by atoms with E-state index in [2.05, 4.69) is 15.5 Å². The molecule has 0 aliphatic heterocycles. The van der Waals surface area contributed by atoms with Crippen molar-refractivity contribution < 1.29 is 14.3 Å². The van der Waals surface area contributed by atoms with Gasteiger partial charge in [0.25, 0.3) is 0 Å². The van der Waals surface area contributed by atoms with Crippen LogP contribution in [0, 0.1) is 0 Å². The third-order valence-corrected chi connectivity index (χ3v) is 5.60. The molecule has 4 rings (SSSR count). The van der Waals surface area contributed by atoms with Crippen molar-refractivity contribution >= 4 is 34.2 Å². The molecule has 0 aliphatic carbocycles. The molecular formula is C27H29N5O3. The second kappa shape index (κ2) is 10.7. The quantitative estimate of drug-likeness (QED) is 0.387. The number of likely N-dealkylation sites (N-methyl/N-ethyl adjacent to an activating group) is 2. The number of amides is 2. The molecule has 0 unspecified atom stereocenters. The van der Waals surface area contributed by atoms with Gasteiger partial charge in [-0.1, -0.05) is 42.5 Å². The number of hydrogen-bond donors (Lipinski definition) is 2. The Morgan fingerprint density at radius 2 is 1.69 bits per heavy atom. The van der Waals surface area contributed by atoms with Gasteiger partial charge in [-0.2, -0.15) is 5.10 Å². The number of anilines is 2. The summed E-state index contributed by atoms with van der Waals surface area (Å²) in [6.07, 6.45) is 0.243. The number of carbonyl (C=O) groups excluding carboxylic acids is 2. The number of rotatable bonds is 9. The zero-order valence-electron chi connectivity index (χ0n) is 20.1. The number of nitrogens with zero attached hydrogens (tertiary/aromatic N) is 3. The van der Waals surface area contributed by atoms with Crippen LogP contribution < -0.4 is 15.0 Å². The second-order valence-electron chi connectivity index (χ2n) is 8.59. The van der Waals surface area contributed by atoms with E-state index in [1.165, 1.54) is 0 Å². The first-order valence-electron chi connectivity index (χ1n) is 11.3. The molecule has 0 bridgehead atoms. The summed E-state index contributed by atoms with van der Waals surface area (Å²) in [5, 5.41) is 11.1. The van der Waals surface area contributed by atoms with Crippen LogP contribution in [0.15, 0.2) is 72.8 Å². The highest BCUT2D eigenvalue weighted by Crippen LogP contribution is 2.26. The minimum atomic E-state index is -0.122. The molecule has 0 spiro atoms. The van der Waals surface area contributed by atoms with Crippen LogP contribution in [0.2, 0.25) is 0 Å². The van der Waals surface area contributed by atoms with Crippen molar-refractivity contribution in [1.29, 1.82) is 0 Å². The van der Waals surface area contributed by atoms with Crippen molar-refractivity contribution in [3.05, 3.63) is 83.9 Å². The van der Waals surface area contributed by atoms with Crippen molar-refractivity contribution in [3.63, 3.8) is 0 Å². The molecule has 0 fully saturated rings. The van der Waals surface area contributed by atoms with E-state index in [1.54, 1.807) is 23.9 Å². The molecule has 2 N–H and O–H groups in total. The van der Waals surface area contributed by atoms with E-state index >= 15 is 0 Å². The lowest BCUT2D eigenvalue weighted by molar-refractivity contribution is -0.127. The summed E-state index contributed by atoms with van der Waals surface area (Å²) in [6, 6.07) is 23.1. The summed E-state index contributed by atoms with van der Waals surface area (Å²) < 4.78 is 5.81.